The molecule has 0 fully saturated rings. The first-order chi connectivity index (χ1) is 12.3. The number of amides is 2. The number of nitrogens with one attached hydrogen (secondary N) is 2. The number of esters is 1. The van der Waals surface area contributed by atoms with Gasteiger partial charge in [-0.25, -0.2) is 0 Å². The lowest BCUT2D eigenvalue weighted by molar-refractivity contribution is -0.141. The molecule has 2 aromatic rings. The van der Waals surface area contributed by atoms with Gasteiger partial charge in [-0.15, -0.1) is 0 Å². The molecule has 2 N–H and O–H groups in total. The van der Waals surface area contributed by atoms with Crippen LogP contribution >= 0.6 is 0 Å². The minimum Gasteiger partial charge on any atom is -0.468 e. The van der Waals surface area contributed by atoms with E-state index >= 15 is 0 Å². The molecule has 0 saturated heterocycles. The fourth-order valence-electron chi connectivity index (χ4n) is 2.52. The Morgan fingerprint density at radius 3 is 2.23 bits per heavy atom. The lowest BCUT2D eigenvalue weighted by Crippen LogP contribution is -2.31. The largest absolute Gasteiger partial charge is 0.468 e. The number of hydrogen-bond donors (Lipinski definition) is 2. The summed E-state index contributed by atoms with van der Waals surface area (Å²) in [5, 5.41) is 5.29. The third-order valence-electron chi connectivity index (χ3n) is 4.02. The van der Waals surface area contributed by atoms with Gasteiger partial charge >= 0.3 is 5.97 Å². The summed E-state index contributed by atoms with van der Waals surface area (Å²) in [5.74, 6) is 0.279. The molecule has 26 heavy (non-hydrogen) atoms. The van der Waals surface area contributed by atoms with Gasteiger partial charge in [0.1, 0.15) is 18.1 Å². The number of ether oxygens (including phenoxy) is 1. The molecule has 0 unspecified atom stereocenters. The quantitative estimate of drug-likeness (QED) is 0.772. The van der Waals surface area contributed by atoms with Crippen LogP contribution in [0.2, 0.25) is 0 Å². The maximum Gasteiger partial charge on any atom is 0.325 e. The normalized spacial score (nSPS) is 10.3. The zero-order valence-corrected chi connectivity index (χ0v) is 15.3. The molecule has 1 heterocycles. The highest BCUT2D eigenvalue weighted by atomic mass is 16.5. The maximum absolute atomic E-state index is 12.4. The second kappa shape index (κ2) is 8.33. The summed E-state index contributed by atoms with van der Waals surface area (Å²) in [5.41, 5.74) is 2.73. The zero-order chi connectivity index (χ0) is 19.3. The summed E-state index contributed by atoms with van der Waals surface area (Å²) in [7, 11) is 1.26. The highest BCUT2D eigenvalue weighted by Gasteiger charge is 2.18. The molecular formula is C19H22N2O5. The Morgan fingerprint density at radius 2 is 1.69 bits per heavy atom. The van der Waals surface area contributed by atoms with Crippen LogP contribution in [0.4, 0.5) is 5.69 Å². The van der Waals surface area contributed by atoms with Crippen molar-refractivity contribution in [3.8, 4) is 0 Å². The molecule has 0 aliphatic rings. The summed E-state index contributed by atoms with van der Waals surface area (Å²) >= 11 is 0. The standard InChI is InChI=1S/C19H22N2O5/c1-11-12(2)26-13(3)18(11)19(24)21-15-7-5-14(6-8-15)9-16(22)20-10-17(23)25-4/h5-8H,9-10H2,1-4H3,(H,20,22)(H,21,24). The van der Waals surface area contributed by atoms with Crippen LogP contribution in [0.3, 0.4) is 0 Å². The minimum absolute atomic E-state index is 0.129. The van der Waals surface area contributed by atoms with Gasteiger partial charge in [0.15, 0.2) is 0 Å². The van der Waals surface area contributed by atoms with Gasteiger partial charge in [-0.3, -0.25) is 14.4 Å². The molecule has 0 radical (unpaired) electrons. The summed E-state index contributed by atoms with van der Waals surface area (Å²) < 4.78 is 9.93. The zero-order valence-electron chi connectivity index (χ0n) is 15.3. The predicted octanol–water partition coefficient (Wildman–Crippen LogP) is 2.29. The van der Waals surface area contributed by atoms with Crippen LogP contribution in [0.15, 0.2) is 28.7 Å². The van der Waals surface area contributed by atoms with Crippen molar-refractivity contribution < 1.29 is 23.5 Å². The first-order valence-electron chi connectivity index (χ1n) is 8.12. The molecule has 0 bridgehead atoms. The molecule has 0 saturated carbocycles. The molecule has 7 heteroatoms. The minimum atomic E-state index is -0.503. The molecule has 138 valence electrons. The van der Waals surface area contributed by atoms with Crippen molar-refractivity contribution in [3.63, 3.8) is 0 Å². The van der Waals surface area contributed by atoms with Crippen LogP contribution in [-0.4, -0.2) is 31.4 Å². The number of aryl methyl sites for hydroxylation is 2. The molecular weight excluding hydrogens is 336 g/mol. The number of carbonyl (C=O) groups excluding carboxylic acids is 3. The van der Waals surface area contributed by atoms with E-state index in [0.29, 0.717) is 17.0 Å². The fraction of sp³-hybridized carbons (Fsp3) is 0.316. The summed E-state index contributed by atoms with van der Waals surface area (Å²) in [6.45, 7) is 5.26. The highest BCUT2D eigenvalue weighted by molar-refractivity contribution is 6.06. The number of benzene rings is 1. The average Bonchev–Trinajstić information content (AvgIpc) is 2.86. The molecule has 0 spiro atoms. The van der Waals surface area contributed by atoms with Gasteiger partial charge in [0.25, 0.3) is 5.91 Å². The number of rotatable bonds is 6. The molecule has 1 aromatic heterocycles. The number of carbonyl (C=O) groups is 3. The van der Waals surface area contributed by atoms with Gasteiger partial charge in [0, 0.05) is 11.3 Å². The van der Waals surface area contributed by atoms with Gasteiger partial charge in [-0.1, -0.05) is 12.1 Å². The van der Waals surface area contributed by atoms with Crippen LogP contribution in [0, 0.1) is 20.8 Å². The highest BCUT2D eigenvalue weighted by Crippen LogP contribution is 2.22. The monoisotopic (exact) mass is 358 g/mol. The second-order valence-corrected chi connectivity index (χ2v) is 5.90. The predicted molar refractivity (Wildman–Crippen MR) is 96.0 cm³/mol. The van der Waals surface area contributed by atoms with Crippen molar-refractivity contribution in [1.29, 1.82) is 0 Å². The van der Waals surface area contributed by atoms with Crippen LogP contribution in [0.1, 0.15) is 33.0 Å². The Labute approximate surface area is 151 Å². The van der Waals surface area contributed by atoms with E-state index in [1.807, 2.05) is 13.8 Å². The van der Waals surface area contributed by atoms with Crippen molar-refractivity contribution in [2.75, 3.05) is 19.0 Å². The topological polar surface area (TPSA) is 97.6 Å². The van der Waals surface area contributed by atoms with Crippen molar-refractivity contribution >= 4 is 23.5 Å². The van der Waals surface area contributed by atoms with E-state index in [2.05, 4.69) is 15.4 Å². The van der Waals surface area contributed by atoms with Crippen molar-refractivity contribution in [3.05, 3.63) is 52.5 Å². The Morgan fingerprint density at radius 1 is 1.04 bits per heavy atom. The molecule has 7 nitrogen and oxygen atoms in total. The maximum atomic E-state index is 12.4. The third-order valence-corrected chi connectivity index (χ3v) is 4.02. The van der Waals surface area contributed by atoms with E-state index in [-0.39, 0.29) is 24.8 Å². The van der Waals surface area contributed by atoms with Crippen LogP contribution < -0.4 is 10.6 Å². The lowest BCUT2D eigenvalue weighted by Gasteiger charge is -2.07. The van der Waals surface area contributed by atoms with Crippen LogP contribution in [0.25, 0.3) is 0 Å². The third kappa shape index (κ3) is 4.72. The van der Waals surface area contributed by atoms with E-state index in [1.54, 1.807) is 31.2 Å². The van der Waals surface area contributed by atoms with Gasteiger partial charge in [-0.05, 0) is 38.5 Å². The van der Waals surface area contributed by atoms with Gasteiger partial charge in [0.05, 0.1) is 19.1 Å². The summed E-state index contributed by atoms with van der Waals surface area (Å²) in [6.07, 6.45) is 0.129. The second-order valence-electron chi connectivity index (χ2n) is 5.90. The first-order valence-corrected chi connectivity index (χ1v) is 8.12. The Hall–Kier alpha value is -3.09. The van der Waals surface area contributed by atoms with Crippen molar-refractivity contribution in [1.82, 2.24) is 5.32 Å². The molecule has 0 atom stereocenters. The average molecular weight is 358 g/mol. The van der Waals surface area contributed by atoms with Crippen molar-refractivity contribution in [2.45, 2.75) is 27.2 Å². The summed E-state index contributed by atoms with van der Waals surface area (Å²) in [4.78, 5) is 35.2. The fourth-order valence-corrected chi connectivity index (χ4v) is 2.52. The summed E-state index contributed by atoms with van der Waals surface area (Å²) in [6, 6.07) is 6.93. The van der Waals surface area contributed by atoms with Crippen molar-refractivity contribution in [2.24, 2.45) is 0 Å². The Balaban J connectivity index is 1.96. The van der Waals surface area contributed by atoms with E-state index in [1.165, 1.54) is 7.11 Å². The van der Waals surface area contributed by atoms with Gasteiger partial charge in [-0.2, -0.15) is 0 Å². The van der Waals surface area contributed by atoms with Crippen LogP contribution in [0.5, 0.6) is 0 Å². The number of anilines is 1. The van der Waals surface area contributed by atoms with E-state index in [4.69, 9.17) is 4.42 Å². The molecule has 0 aliphatic heterocycles. The van der Waals surface area contributed by atoms with E-state index in [9.17, 15) is 14.4 Å². The molecule has 1 aromatic carbocycles. The molecule has 2 amide bonds. The van der Waals surface area contributed by atoms with Crippen LogP contribution in [-0.2, 0) is 20.7 Å². The number of hydrogen-bond acceptors (Lipinski definition) is 5. The van der Waals surface area contributed by atoms with Gasteiger partial charge in [0.2, 0.25) is 5.91 Å². The SMILES string of the molecule is COC(=O)CNC(=O)Cc1ccc(NC(=O)c2c(C)oc(C)c2C)cc1. The first kappa shape index (κ1) is 19.2. The molecule has 0 aliphatic carbocycles. The number of methoxy groups -OCH3 is 1. The Kier molecular flexibility index (Phi) is 6.16. The van der Waals surface area contributed by atoms with E-state index in [0.717, 1.165) is 16.9 Å². The molecule has 2 rings (SSSR count). The smallest absolute Gasteiger partial charge is 0.325 e. The Bertz CT molecular complexity index is 821. The van der Waals surface area contributed by atoms with E-state index < -0.39 is 5.97 Å². The van der Waals surface area contributed by atoms with Gasteiger partial charge < -0.3 is 19.8 Å². The lowest BCUT2D eigenvalue weighted by atomic mass is 10.1. The number of furan rings is 1.